The first kappa shape index (κ1) is 14.7. The molecule has 0 aliphatic carbocycles. The Hall–Kier alpha value is -2.37. The van der Waals surface area contributed by atoms with Crippen molar-refractivity contribution in [1.29, 1.82) is 0 Å². The summed E-state index contributed by atoms with van der Waals surface area (Å²) in [5.74, 6) is -2.24. The number of hydrogen-bond acceptors (Lipinski definition) is 4. The number of rotatable bonds is 7. The molecule has 19 heavy (non-hydrogen) atoms. The van der Waals surface area contributed by atoms with Gasteiger partial charge in [-0.25, -0.2) is 4.79 Å². The van der Waals surface area contributed by atoms with Crippen LogP contribution >= 0.6 is 0 Å². The Labute approximate surface area is 109 Å². The van der Waals surface area contributed by atoms with Gasteiger partial charge < -0.3 is 14.9 Å². The number of aliphatic carboxylic acids is 1. The van der Waals surface area contributed by atoms with E-state index in [4.69, 9.17) is 14.9 Å². The molecule has 102 valence electrons. The third-order valence-electron chi connectivity index (χ3n) is 2.41. The Balaban J connectivity index is 2.79. The van der Waals surface area contributed by atoms with E-state index in [2.05, 4.69) is 0 Å². The second-order valence-corrected chi connectivity index (χ2v) is 3.92. The van der Waals surface area contributed by atoms with E-state index in [1.54, 1.807) is 0 Å². The predicted molar refractivity (Wildman–Crippen MR) is 65.8 cm³/mol. The Morgan fingerprint density at radius 2 is 1.89 bits per heavy atom. The van der Waals surface area contributed by atoms with E-state index in [-0.39, 0.29) is 42.1 Å². The zero-order chi connectivity index (χ0) is 14.4. The van der Waals surface area contributed by atoms with Gasteiger partial charge in [0.2, 0.25) is 0 Å². The number of carbonyl (C=O) groups excluding carboxylic acids is 1. The van der Waals surface area contributed by atoms with E-state index in [1.165, 1.54) is 25.1 Å². The number of benzene rings is 1. The van der Waals surface area contributed by atoms with Crippen LogP contribution in [0.15, 0.2) is 18.2 Å². The molecule has 0 heterocycles. The van der Waals surface area contributed by atoms with Crippen molar-refractivity contribution in [3.05, 3.63) is 29.3 Å². The number of aromatic carboxylic acids is 1. The van der Waals surface area contributed by atoms with E-state index < -0.39 is 11.9 Å². The molecule has 0 unspecified atom stereocenters. The maximum atomic E-state index is 11.2. The lowest BCUT2D eigenvalue weighted by atomic mass is 10.1. The maximum absolute atomic E-state index is 11.2. The monoisotopic (exact) mass is 266 g/mol. The van der Waals surface area contributed by atoms with Crippen LogP contribution in [0.1, 0.15) is 40.5 Å². The number of hydrogen-bond donors (Lipinski definition) is 2. The molecule has 1 rings (SSSR count). The minimum Gasteiger partial charge on any atom is -0.493 e. The summed E-state index contributed by atoms with van der Waals surface area (Å²) in [6, 6.07) is 4.12. The van der Waals surface area contributed by atoms with Gasteiger partial charge in [-0.2, -0.15) is 0 Å². The molecule has 0 spiro atoms. The lowest BCUT2D eigenvalue weighted by Crippen LogP contribution is -2.07. The number of carboxylic acid groups (broad SMARTS) is 2. The highest BCUT2D eigenvalue weighted by Crippen LogP contribution is 2.21. The fraction of sp³-hybridized carbons (Fsp3) is 0.308. The zero-order valence-corrected chi connectivity index (χ0v) is 10.4. The summed E-state index contributed by atoms with van der Waals surface area (Å²) in [5, 5.41) is 17.5. The molecule has 0 saturated heterocycles. The first-order valence-corrected chi connectivity index (χ1v) is 5.64. The van der Waals surface area contributed by atoms with Crippen LogP contribution in [-0.4, -0.2) is 34.5 Å². The summed E-state index contributed by atoms with van der Waals surface area (Å²) in [6.07, 6.45) is 0.233. The van der Waals surface area contributed by atoms with Crippen molar-refractivity contribution < 1.29 is 29.3 Å². The van der Waals surface area contributed by atoms with E-state index in [1.807, 2.05) is 0 Å². The van der Waals surface area contributed by atoms with Gasteiger partial charge in [0.25, 0.3) is 0 Å². The fourth-order valence-electron chi connectivity index (χ4n) is 1.45. The first-order valence-electron chi connectivity index (χ1n) is 5.64. The highest BCUT2D eigenvalue weighted by molar-refractivity contribution is 5.98. The molecule has 0 atom stereocenters. The largest absolute Gasteiger partial charge is 0.493 e. The van der Waals surface area contributed by atoms with Crippen LogP contribution in [0, 0.1) is 0 Å². The van der Waals surface area contributed by atoms with Crippen molar-refractivity contribution in [2.24, 2.45) is 0 Å². The Morgan fingerprint density at radius 3 is 2.42 bits per heavy atom. The predicted octanol–water partition coefficient (Wildman–Crippen LogP) is 1.83. The number of carbonyl (C=O) groups is 3. The fourth-order valence-corrected chi connectivity index (χ4v) is 1.45. The molecule has 0 aliphatic rings. The van der Waals surface area contributed by atoms with Gasteiger partial charge in [-0.15, -0.1) is 0 Å². The first-order chi connectivity index (χ1) is 8.91. The van der Waals surface area contributed by atoms with Crippen molar-refractivity contribution in [3.8, 4) is 5.75 Å². The molecule has 6 heteroatoms. The van der Waals surface area contributed by atoms with E-state index in [0.717, 1.165) is 0 Å². The molecule has 0 radical (unpaired) electrons. The van der Waals surface area contributed by atoms with Gasteiger partial charge in [0.1, 0.15) is 11.3 Å². The maximum Gasteiger partial charge on any atom is 0.339 e. The number of ether oxygens (including phenoxy) is 1. The van der Waals surface area contributed by atoms with E-state index in [0.29, 0.717) is 0 Å². The van der Waals surface area contributed by atoms with Gasteiger partial charge in [-0.1, -0.05) is 0 Å². The van der Waals surface area contributed by atoms with Gasteiger partial charge in [0.05, 0.1) is 6.61 Å². The molecule has 0 bridgehead atoms. The molecule has 1 aromatic carbocycles. The minimum atomic E-state index is -1.20. The van der Waals surface area contributed by atoms with Crippen LogP contribution < -0.4 is 4.74 Å². The van der Waals surface area contributed by atoms with Crippen molar-refractivity contribution >= 4 is 17.7 Å². The molecule has 0 aromatic heterocycles. The van der Waals surface area contributed by atoms with Gasteiger partial charge in [0, 0.05) is 12.0 Å². The Morgan fingerprint density at radius 1 is 1.21 bits per heavy atom. The second kappa shape index (κ2) is 6.53. The molecule has 0 aliphatic heterocycles. The van der Waals surface area contributed by atoms with Crippen LogP contribution in [-0.2, 0) is 4.79 Å². The van der Waals surface area contributed by atoms with Gasteiger partial charge >= 0.3 is 11.9 Å². The minimum absolute atomic E-state index is 0.0477. The normalized spacial score (nSPS) is 9.95. The highest BCUT2D eigenvalue weighted by atomic mass is 16.5. The van der Waals surface area contributed by atoms with Crippen LogP contribution in [0.2, 0.25) is 0 Å². The summed E-state index contributed by atoms with van der Waals surface area (Å²) in [6.45, 7) is 1.44. The van der Waals surface area contributed by atoms with Crippen molar-refractivity contribution in [3.63, 3.8) is 0 Å². The van der Waals surface area contributed by atoms with Crippen molar-refractivity contribution in [1.82, 2.24) is 0 Å². The van der Waals surface area contributed by atoms with E-state index >= 15 is 0 Å². The summed E-state index contributed by atoms with van der Waals surface area (Å²) < 4.78 is 5.23. The molecule has 0 amide bonds. The smallest absolute Gasteiger partial charge is 0.339 e. The quantitative estimate of drug-likeness (QED) is 0.576. The molecule has 0 saturated carbocycles. The van der Waals surface area contributed by atoms with Gasteiger partial charge in [0.15, 0.2) is 5.78 Å². The molecule has 2 N–H and O–H groups in total. The lowest BCUT2D eigenvalue weighted by Gasteiger charge is -2.09. The third kappa shape index (κ3) is 4.42. The molecule has 0 fully saturated rings. The topological polar surface area (TPSA) is 101 Å². The van der Waals surface area contributed by atoms with Gasteiger partial charge in [-0.3, -0.25) is 9.59 Å². The standard InChI is InChI=1S/C13H14O6/c1-8(14)9-4-5-11(10(7-9)13(17)18)19-6-2-3-12(15)16/h4-5,7H,2-3,6H2,1H3,(H,15,16)(H,17,18). The molecule has 1 aromatic rings. The number of ketones is 1. The van der Waals surface area contributed by atoms with Crippen molar-refractivity contribution in [2.75, 3.05) is 6.61 Å². The lowest BCUT2D eigenvalue weighted by molar-refractivity contribution is -0.137. The van der Waals surface area contributed by atoms with E-state index in [9.17, 15) is 14.4 Å². The zero-order valence-electron chi connectivity index (χ0n) is 10.4. The highest BCUT2D eigenvalue weighted by Gasteiger charge is 2.14. The summed E-state index contributed by atoms with van der Waals surface area (Å²) >= 11 is 0. The number of carboxylic acids is 2. The van der Waals surface area contributed by atoms with Crippen LogP contribution in [0.4, 0.5) is 0 Å². The molecular formula is C13H14O6. The molecular weight excluding hydrogens is 252 g/mol. The summed E-state index contributed by atoms with van der Waals surface area (Å²) in [4.78, 5) is 32.5. The summed E-state index contributed by atoms with van der Waals surface area (Å²) in [7, 11) is 0. The van der Waals surface area contributed by atoms with Crippen LogP contribution in [0.3, 0.4) is 0 Å². The van der Waals surface area contributed by atoms with Gasteiger partial charge in [-0.05, 0) is 31.5 Å². The van der Waals surface area contributed by atoms with Crippen molar-refractivity contribution in [2.45, 2.75) is 19.8 Å². The Kier molecular flexibility index (Phi) is 5.05. The Bertz CT molecular complexity index is 506. The average molecular weight is 266 g/mol. The SMILES string of the molecule is CC(=O)c1ccc(OCCCC(=O)O)c(C(=O)O)c1. The van der Waals surface area contributed by atoms with Crippen LogP contribution in [0.5, 0.6) is 5.75 Å². The average Bonchev–Trinajstić information content (AvgIpc) is 2.34. The van der Waals surface area contributed by atoms with Crippen LogP contribution in [0.25, 0.3) is 0 Å². The third-order valence-corrected chi connectivity index (χ3v) is 2.41. The second-order valence-electron chi connectivity index (χ2n) is 3.92. The summed E-state index contributed by atoms with van der Waals surface area (Å²) in [5.41, 5.74) is 0.179. The molecule has 6 nitrogen and oxygen atoms in total. The number of Topliss-reactive ketones (excluding diaryl/α,β-unsaturated/α-hetero) is 1.